The summed E-state index contributed by atoms with van der Waals surface area (Å²) in [4.78, 5) is 6.94. The highest BCUT2D eigenvalue weighted by Crippen LogP contribution is 2.25. The number of oxazole rings is 1. The fraction of sp³-hybridized carbons (Fsp3) is 0.500. The molecule has 1 fully saturated rings. The van der Waals surface area contributed by atoms with Crippen molar-refractivity contribution in [3.05, 3.63) is 24.1 Å². The van der Waals surface area contributed by atoms with E-state index in [0.29, 0.717) is 11.7 Å². The van der Waals surface area contributed by atoms with E-state index in [9.17, 15) is 0 Å². The van der Waals surface area contributed by atoms with Gasteiger partial charge in [-0.3, -0.25) is 4.90 Å². The zero-order chi connectivity index (χ0) is 12.7. The first-order chi connectivity index (χ1) is 8.61. The first kappa shape index (κ1) is 11.5. The van der Waals surface area contributed by atoms with Crippen LogP contribution in [-0.2, 0) is 6.54 Å². The van der Waals surface area contributed by atoms with Gasteiger partial charge in [-0.1, -0.05) is 6.92 Å². The molecular weight excluding hydrogens is 226 g/mol. The first-order valence-corrected chi connectivity index (χ1v) is 6.51. The second kappa shape index (κ2) is 4.28. The number of fused-ring (bicyclic) bond motifs is 1. The minimum atomic E-state index is 0.611. The maximum atomic E-state index is 5.76. The Morgan fingerprint density at radius 1 is 1.44 bits per heavy atom. The highest BCUT2D eigenvalue weighted by Gasteiger charge is 2.27. The number of nitrogen functional groups attached to an aromatic ring is 1. The first-order valence-electron chi connectivity index (χ1n) is 6.51. The Morgan fingerprint density at radius 3 is 3.00 bits per heavy atom. The number of anilines is 1. The largest absolute Gasteiger partial charge is 0.439 e. The van der Waals surface area contributed by atoms with Gasteiger partial charge in [-0.05, 0) is 31.4 Å². The molecule has 0 bridgehead atoms. The van der Waals surface area contributed by atoms with Crippen molar-refractivity contribution in [2.24, 2.45) is 5.92 Å². The number of benzene rings is 1. The zero-order valence-electron chi connectivity index (χ0n) is 10.9. The molecule has 0 amide bonds. The van der Waals surface area contributed by atoms with E-state index in [1.54, 1.807) is 0 Å². The lowest BCUT2D eigenvalue weighted by Crippen LogP contribution is -2.26. The van der Waals surface area contributed by atoms with Crippen molar-refractivity contribution >= 4 is 16.8 Å². The van der Waals surface area contributed by atoms with Crippen LogP contribution in [0.5, 0.6) is 0 Å². The van der Waals surface area contributed by atoms with Gasteiger partial charge in [0.05, 0.1) is 6.54 Å². The van der Waals surface area contributed by atoms with Gasteiger partial charge >= 0.3 is 0 Å². The Balaban J connectivity index is 1.82. The predicted molar refractivity (Wildman–Crippen MR) is 72.1 cm³/mol. The average Bonchev–Trinajstić information content (AvgIpc) is 2.82. The van der Waals surface area contributed by atoms with Crippen molar-refractivity contribution in [3.63, 3.8) is 0 Å². The molecule has 2 aromatic rings. The summed E-state index contributed by atoms with van der Waals surface area (Å²) in [6.45, 7) is 6.48. The highest BCUT2D eigenvalue weighted by atomic mass is 16.3. The van der Waals surface area contributed by atoms with Crippen LogP contribution < -0.4 is 5.73 Å². The van der Waals surface area contributed by atoms with Gasteiger partial charge in [0, 0.05) is 24.3 Å². The SMILES string of the molecule is CC1CC(C)N(Cc2nc3ccc(N)cc3o2)C1. The fourth-order valence-electron chi connectivity index (χ4n) is 2.84. The molecule has 96 valence electrons. The third-order valence-electron chi connectivity index (χ3n) is 3.71. The molecule has 4 heteroatoms. The zero-order valence-corrected chi connectivity index (χ0v) is 10.9. The van der Waals surface area contributed by atoms with Crippen LogP contribution in [0.1, 0.15) is 26.2 Å². The van der Waals surface area contributed by atoms with Crippen LogP contribution in [0.25, 0.3) is 11.1 Å². The van der Waals surface area contributed by atoms with Crippen LogP contribution in [0.2, 0.25) is 0 Å². The summed E-state index contributed by atoms with van der Waals surface area (Å²) in [6, 6.07) is 6.21. The number of nitrogens with two attached hydrogens (primary N) is 1. The Labute approximate surface area is 107 Å². The second-order valence-electron chi connectivity index (χ2n) is 5.45. The van der Waals surface area contributed by atoms with E-state index in [1.165, 1.54) is 6.42 Å². The smallest absolute Gasteiger partial charge is 0.209 e. The van der Waals surface area contributed by atoms with E-state index in [-0.39, 0.29) is 0 Å². The Bertz CT molecular complexity index is 563. The van der Waals surface area contributed by atoms with Gasteiger partial charge in [0.2, 0.25) is 5.89 Å². The lowest BCUT2D eigenvalue weighted by molar-refractivity contribution is 0.233. The number of aromatic nitrogens is 1. The molecule has 2 heterocycles. The standard InChI is InChI=1S/C14H19N3O/c1-9-5-10(2)17(7-9)8-14-16-12-4-3-11(15)6-13(12)18-14/h3-4,6,9-10H,5,7-8,15H2,1-2H3. The van der Waals surface area contributed by atoms with Crippen molar-refractivity contribution in [1.82, 2.24) is 9.88 Å². The Kier molecular flexibility index (Phi) is 2.74. The molecule has 3 rings (SSSR count). The van der Waals surface area contributed by atoms with Crippen LogP contribution >= 0.6 is 0 Å². The number of hydrogen-bond donors (Lipinski definition) is 1. The van der Waals surface area contributed by atoms with Crippen LogP contribution in [0.4, 0.5) is 5.69 Å². The number of hydrogen-bond acceptors (Lipinski definition) is 4. The molecule has 2 N–H and O–H groups in total. The molecule has 1 aromatic carbocycles. The molecule has 18 heavy (non-hydrogen) atoms. The predicted octanol–water partition coefficient (Wildman–Crippen LogP) is 2.64. The van der Waals surface area contributed by atoms with Crippen molar-refractivity contribution in [3.8, 4) is 0 Å². The molecule has 1 saturated heterocycles. The molecule has 0 saturated carbocycles. The van der Waals surface area contributed by atoms with Crippen molar-refractivity contribution in [2.45, 2.75) is 32.9 Å². The van der Waals surface area contributed by atoms with Crippen molar-refractivity contribution < 1.29 is 4.42 Å². The molecule has 1 aromatic heterocycles. The topological polar surface area (TPSA) is 55.3 Å². The summed E-state index contributed by atoms with van der Waals surface area (Å²) in [7, 11) is 0. The van der Waals surface area contributed by atoms with Gasteiger partial charge < -0.3 is 10.2 Å². The molecule has 1 aliphatic rings. The van der Waals surface area contributed by atoms with Gasteiger partial charge in [0.25, 0.3) is 0 Å². The van der Waals surface area contributed by atoms with E-state index in [2.05, 4.69) is 23.7 Å². The number of likely N-dealkylation sites (tertiary alicyclic amines) is 1. The van der Waals surface area contributed by atoms with Crippen LogP contribution in [0.3, 0.4) is 0 Å². The van der Waals surface area contributed by atoms with E-state index in [4.69, 9.17) is 10.2 Å². The Morgan fingerprint density at radius 2 is 2.28 bits per heavy atom. The minimum absolute atomic E-state index is 0.611. The average molecular weight is 245 g/mol. The second-order valence-corrected chi connectivity index (χ2v) is 5.45. The van der Waals surface area contributed by atoms with E-state index < -0.39 is 0 Å². The maximum Gasteiger partial charge on any atom is 0.209 e. The summed E-state index contributed by atoms with van der Waals surface area (Å²) < 4.78 is 5.76. The summed E-state index contributed by atoms with van der Waals surface area (Å²) in [5.41, 5.74) is 8.13. The highest BCUT2D eigenvalue weighted by molar-refractivity contribution is 5.76. The van der Waals surface area contributed by atoms with E-state index in [0.717, 1.165) is 36.0 Å². The summed E-state index contributed by atoms with van der Waals surface area (Å²) in [6.07, 6.45) is 1.26. The van der Waals surface area contributed by atoms with Crippen LogP contribution in [0, 0.1) is 5.92 Å². The molecular formula is C14H19N3O. The van der Waals surface area contributed by atoms with E-state index in [1.807, 2.05) is 18.2 Å². The third kappa shape index (κ3) is 2.08. The molecule has 4 nitrogen and oxygen atoms in total. The molecule has 2 atom stereocenters. The number of nitrogens with zero attached hydrogens (tertiary/aromatic N) is 2. The lowest BCUT2D eigenvalue weighted by Gasteiger charge is -2.18. The number of rotatable bonds is 2. The lowest BCUT2D eigenvalue weighted by atomic mass is 10.1. The van der Waals surface area contributed by atoms with Crippen LogP contribution in [-0.4, -0.2) is 22.5 Å². The molecule has 1 aliphatic heterocycles. The van der Waals surface area contributed by atoms with E-state index >= 15 is 0 Å². The van der Waals surface area contributed by atoms with Gasteiger partial charge in [0.1, 0.15) is 5.52 Å². The van der Waals surface area contributed by atoms with Gasteiger partial charge in [0.15, 0.2) is 5.58 Å². The Hall–Kier alpha value is -1.55. The van der Waals surface area contributed by atoms with Crippen molar-refractivity contribution in [2.75, 3.05) is 12.3 Å². The van der Waals surface area contributed by atoms with Gasteiger partial charge in [-0.2, -0.15) is 0 Å². The summed E-state index contributed by atoms with van der Waals surface area (Å²) in [5, 5.41) is 0. The molecule has 0 aliphatic carbocycles. The molecule has 0 radical (unpaired) electrons. The fourth-order valence-corrected chi connectivity index (χ4v) is 2.84. The normalized spacial score (nSPS) is 25.0. The monoisotopic (exact) mass is 245 g/mol. The van der Waals surface area contributed by atoms with Gasteiger partial charge in [-0.25, -0.2) is 4.98 Å². The quantitative estimate of drug-likeness (QED) is 0.826. The molecule has 2 unspecified atom stereocenters. The van der Waals surface area contributed by atoms with Crippen molar-refractivity contribution in [1.29, 1.82) is 0 Å². The van der Waals surface area contributed by atoms with Gasteiger partial charge in [-0.15, -0.1) is 0 Å². The molecule has 0 spiro atoms. The maximum absolute atomic E-state index is 5.76. The summed E-state index contributed by atoms with van der Waals surface area (Å²) in [5.74, 6) is 1.55. The minimum Gasteiger partial charge on any atom is -0.439 e. The summed E-state index contributed by atoms with van der Waals surface area (Å²) >= 11 is 0. The third-order valence-corrected chi connectivity index (χ3v) is 3.71. The van der Waals surface area contributed by atoms with Crippen LogP contribution in [0.15, 0.2) is 22.6 Å².